The molecule has 0 aromatic heterocycles. The van der Waals surface area contributed by atoms with E-state index in [4.69, 9.17) is 5.73 Å². The molecule has 0 aromatic carbocycles. The van der Waals surface area contributed by atoms with Crippen molar-refractivity contribution < 1.29 is 9.59 Å². The van der Waals surface area contributed by atoms with E-state index in [0.717, 1.165) is 25.7 Å². The van der Waals surface area contributed by atoms with Gasteiger partial charge in [0.2, 0.25) is 11.8 Å². The summed E-state index contributed by atoms with van der Waals surface area (Å²) in [5, 5.41) is 2.99. The Morgan fingerprint density at radius 3 is 2.60 bits per heavy atom. The van der Waals surface area contributed by atoms with Crippen LogP contribution in [0.3, 0.4) is 0 Å². The molecule has 0 radical (unpaired) electrons. The van der Waals surface area contributed by atoms with Crippen LogP contribution in [0.25, 0.3) is 0 Å². The van der Waals surface area contributed by atoms with Crippen molar-refractivity contribution in [2.24, 2.45) is 5.73 Å². The fourth-order valence-corrected chi connectivity index (χ4v) is 2.54. The van der Waals surface area contributed by atoms with Crippen LogP contribution < -0.4 is 11.1 Å². The van der Waals surface area contributed by atoms with Crippen molar-refractivity contribution in [1.29, 1.82) is 0 Å². The number of hydrogen-bond donors (Lipinski definition) is 2. The maximum absolute atomic E-state index is 12.3. The fraction of sp³-hybridized carbons (Fsp3) is 0.857. The highest BCUT2D eigenvalue weighted by Gasteiger charge is 2.32. The molecule has 1 fully saturated rings. The molecule has 1 rings (SSSR count). The van der Waals surface area contributed by atoms with Crippen LogP contribution in [0.4, 0.5) is 0 Å². The maximum Gasteiger partial charge on any atom is 0.243 e. The number of carbonyl (C=O) groups is 2. The Kier molecular flexibility index (Phi) is 9.59. The molecule has 3 N–H and O–H groups in total. The van der Waals surface area contributed by atoms with Crippen molar-refractivity contribution in [2.75, 3.05) is 13.1 Å². The Morgan fingerprint density at radius 2 is 2.15 bits per heavy atom. The Balaban J connectivity index is 0.00000361. The van der Waals surface area contributed by atoms with Crippen LogP contribution >= 0.6 is 12.4 Å². The molecule has 118 valence electrons. The quantitative estimate of drug-likeness (QED) is 0.712. The van der Waals surface area contributed by atoms with Crippen molar-refractivity contribution in [3.8, 4) is 0 Å². The molecule has 2 unspecified atom stereocenters. The van der Waals surface area contributed by atoms with E-state index in [2.05, 4.69) is 12.2 Å². The highest BCUT2D eigenvalue weighted by Crippen LogP contribution is 2.16. The van der Waals surface area contributed by atoms with Gasteiger partial charge >= 0.3 is 0 Å². The lowest BCUT2D eigenvalue weighted by atomic mass is 10.1. The van der Waals surface area contributed by atoms with Gasteiger partial charge in [-0.3, -0.25) is 9.59 Å². The van der Waals surface area contributed by atoms with Crippen molar-refractivity contribution in [3.63, 3.8) is 0 Å². The summed E-state index contributed by atoms with van der Waals surface area (Å²) in [7, 11) is 0. The van der Waals surface area contributed by atoms with E-state index in [0.29, 0.717) is 25.9 Å². The van der Waals surface area contributed by atoms with Gasteiger partial charge in [0, 0.05) is 25.6 Å². The highest BCUT2D eigenvalue weighted by atomic mass is 35.5. The molecule has 5 nitrogen and oxygen atoms in total. The van der Waals surface area contributed by atoms with Crippen LogP contribution in [0.15, 0.2) is 0 Å². The summed E-state index contributed by atoms with van der Waals surface area (Å²) in [6.07, 6.45) is 5.14. The lowest BCUT2D eigenvalue weighted by Crippen LogP contribution is -2.51. The first-order valence-corrected chi connectivity index (χ1v) is 7.43. The predicted octanol–water partition coefficient (Wildman–Crippen LogP) is 1.44. The van der Waals surface area contributed by atoms with E-state index in [9.17, 15) is 9.59 Å². The zero-order valence-corrected chi connectivity index (χ0v) is 13.4. The molecule has 0 saturated carbocycles. The van der Waals surface area contributed by atoms with Gasteiger partial charge in [0.05, 0.1) is 0 Å². The molecule has 0 bridgehead atoms. The molecule has 6 heteroatoms. The van der Waals surface area contributed by atoms with Gasteiger partial charge in [0.1, 0.15) is 6.04 Å². The smallest absolute Gasteiger partial charge is 0.243 e. The third kappa shape index (κ3) is 5.29. The zero-order chi connectivity index (χ0) is 14.3. The molecule has 1 aliphatic rings. The van der Waals surface area contributed by atoms with E-state index in [-0.39, 0.29) is 36.3 Å². The number of carbonyl (C=O) groups excluding carboxylic acids is 2. The molecule has 2 amide bonds. The van der Waals surface area contributed by atoms with Gasteiger partial charge in [-0.1, -0.05) is 26.7 Å². The van der Waals surface area contributed by atoms with E-state index in [1.807, 2.05) is 6.92 Å². The number of rotatable bonds is 8. The Labute approximate surface area is 128 Å². The Hall–Kier alpha value is -0.810. The summed E-state index contributed by atoms with van der Waals surface area (Å²) in [5.74, 6) is 0.0455. The minimum atomic E-state index is -0.328. The van der Waals surface area contributed by atoms with Gasteiger partial charge in [-0.2, -0.15) is 0 Å². The average molecular weight is 306 g/mol. The molecule has 0 aliphatic carbocycles. The maximum atomic E-state index is 12.3. The molecule has 20 heavy (non-hydrogen) atoms. The van der Waals surface area contributed by atoms with Crippen LogP contribution in [0.5, 0.6) is 0 Å². The third-order valence-corrected chi connectivity index (χ3v) is 3.71. The van der Waals surface area contributed by atoms with Crippen molar-refractivity contribution in [2.45, 2.75) is 64.5 Å². The molecule has 1 saturated heterocycles. The first-order valence-electron chi connectivity index (χ1n) is 7.43. The van der Waals surface area contributed by atoms with Gasteiger partial charge < -0.3 is 16.0 Å². The van der Waals surface area contributed by atoms with Gasteiger partial charge in [0.25, 0.3) is 0 Å². The standard InChI is InChI=1S/C14H27N3O2.ClH/c1-3-5-7-11(10-15)16-14(19)12(4-2)17-9-6-8-13(17)18;/h11-12H,3-10,15H2,1-2H3,(H,16,19);1H. The van der Waals surface area contributed by atoms with Gasteiger partial charge in [0.15, 0.2) is 0 Å². The minimum Gasteiger partial charge on any atom is -0.350 e. The van der Waals surface area contributed by atoms with Gasteiger partial charge in [-0.05, 0) is 19.3 Å². The van der Waals surface area contributed by atoms with Crippen molar-refractivity contribution in [3.05, 3.63) is 0 Å². The van der Waals surface area contributed by atoms with Gasteiger partial charge in [-0.25, -0.2) is 0 Å². The number of unbranched alkanes of at least 4 members (excludes halogenated alkanes) is 1. The zero-order valence-electron chi connectivity index (χ0n) is 12.6. The number of likely N-dealkylation sites (tertiary alicyclic amines) is 1. The molecule has 0 aromatic rings. The lowest BCUT2D eigenvalue weighted by Gasteiger charge is -2.28. The summed E-state index contributed by atoms with van der Waals surface area (Å²) in [6.45, 7) is 5.22. The Bertz CT molecular complexity index is 313. The summed E-state index contributed by atoms with van der Waals surface area (Å²) < 4.78 is 0. The first-order chi connectivity index (χ1) is 9.13. The number of nitrogens with zero attached hydrogens (tertiary/aromatic N) is 1. The van der Waals surface area contributed by atoms with Crippen LogP contribution in [-0.2, 0) is 9.59 Å². The number of hydrogen-bond acceptors (Lipinski definition) is 3. The first kappa shape index (κ1) is 19.2. The number of nitrogens with two attached hydrogens (primary N) is 1. The minimum absolute atomic E-state index is 0. The van der Waals surface area contributed by atoms with Crippen LogP contribution in [0, 0.1) is 0 Å². The second kappa shape index (κ2) is 10.00. The van der Waals surface area contributed by atoms with Crippen LogP contribution in [0.1, 0.15) is 52.4 Å². The molecule has 1 heterocycles. The second-order valence-corrected chi connectivity index (χ2v) is 5.20. The highest BCUT2D eigenvalue weighted by molar-refractivity contribution is 5.88. The van der Waals surface area contributed by atoms with E-state index < -0.39 is 0 Å². The Morgan fingerprint density at radius 1 is 1.45 bits per heavy atom. The number of halogens is 1. The summed E-state index contributed by atoms with van der Waals surface area (Å²) in [5.41, 5.74) is 5.69. The summed E-state index contributed by atoms with van der Waals surface area (Å²) in [6, 6.07) is -0.301. The number of amides is 2. The SMILES string of the molecule is CCCCC(CN)NC(=O)C(CC)N1CCCC1=O.Cl. The monoisotopic (exact) mass is 305 g/mol. The molecular formula is C14H28ClN3O2. The lowest BCUT2D eigenvalue weighted by molar-refractivity contribution is -0.137. The predicted molar refractivity (Wildman–Crippen MR) is 82.8 cm³/mol. The molecular weight excluding hydrogens is 278 g/mol. The fourth-order valence-electron chi connectivity index (χ4n) is 2.54. The molecule has 2 atom stereocenters. The normalized spacial score (nSPS) is 17.6. The summed E-state index contributed by atoms with van der Waals surface area (Å²) >= 11 is 0. The third-order valence-electron chi connectivity index (χ3n) is 3.71. The van der Waals surface area contributed by atoms with Gasteiger partial charge in [-0.15, -0.1) is 12.4 Å². The van der Waals surface area contributed by atoms with E-state index >= 15 is 0 Å². The van der Waals surface area contributed by atoms with Crippen molar-refractivity contribution >= 4 is 24.2 Å². The van der Waals surface area contributed by atoms with Crippen molar-refractivity contribution in [1.82, 2.24) is 10.2 Å². The van der Waals surface area contributed by atoms with Crippen LogP contribution in [-0.4, -0.2) is 41.9 Å². The largest absolute Gasteiger partial charge is 0.350 e. The molecule has 1 aliphatic heterocycles. The second-order valence-electron chi connectivity index (χ2n) is 5.20. The average Bonchev–Trinajstić information content (AvgIpc) is 2.82. The van der Waals surface area contributed by atoms with Crippen LogP contribution in [0.2, 0.25) is 0 Å². The van der Waals surface area contributed by atoms with E-state index in [1.165, 1.54) is 0 Å². The topological polar surface area (TPSA) is 75.4 Å². The number of nitrogens with one attached hydrogen (secondary N) is 1. The summed E-state index contributed by atoms with van der Waals surface area (Å²) in [4.78, 5) is 25.7. The molecule has 0 spiro atoms. The van der Waals surface area contributed by atoms with E-state index in [1.54, 1.807) is 4.90 Å².